The minimum absolute atomic E-state index is 0.251. The van der Waals surface area contributed by atoms with Gasteiger partial charge in [-0.2, -0.15) is 0 Å². The van der Waals surface area contributed by atoms with Gasteiger partial charge in [-0.05, 0) is 24.3 Å². The number of fused-ring (bicyclic) bond motifs is 3. The zero-order valence-corrected chi connectivity index (χ0v) is 7.79. The first kappa shape index (κ1) is 8.23. The fourth-order valence-corrected chi connectivity index (χ4v) is 1.82. The van der Waals surface area contributed by atoms with Gasteiger partial charge in [0.1, 0.15) is 11.6 Å². The Kier molecular flexibility index (Phi) is 1.48. The van der Waals surface area contributed by atoms with E-state index in [2.05, 4.69) is 9.97 Å². The molecule has 15 heavy (non-hydrogen) atoms. The summed E-state index contributed by atoms with van der Waals surface area (Å²) >= 11 is 0. The summed E-state index contributed by atoms with van der Waals surface area (Å²) in [6, 6.07) is 6.43. The Bertz CT molecular complexity index is 657. The minimum Gasteiger partial charge on any atom is -0.382 e. The predicted molar refractivity (Wildman–Crippen MR) is 58.0 cm³/mol. The molecule has 0 spiro atoms. The number of H-pyrrole nitrogens is 1. The number of halogens is 1. The van der Waals surface area contributed by atoms with E-state index >= 15 is 0 Å². The van der Waals surface area contributed by atoms with Gasteiger partial charge in [-0.25, -0.2) is 9.37 Å². The monoisotopic (exact) mass is 201 g/mol. The number of nitrogens with one attached hydrogen (secondary N) is 1. The van der Waals surface area contributed by atoms with Gasteiger partial charge in [-0.15, -0.1) is 0 Å². The molecule has 0 saturated heterocycles. The van der Waals surface area contributed by atoms with E-state index < -0.39 is 0 Å². The molecule has 3 aromatic rings. The topological polar surface area (TPSA) is 54.7 Å². The van der Waals surface area contributed by atoms with Crippen LogP contribution in [-0.2, 0) is 0 Å². The van der Waals surface area contributed by atoms with Crippen LogP contribution >= 0.6 is 0 Å². The minimum atomic E-state index is -0.251. The lowest BCUT2D eigenvalue weighted by Gasteiger charge is -1.93. The Hall–Kier alpha value is -2.10. The first-order chi connectivity index (χ1) is 7.25. The molecule has 0 radical (unpaired) electrons. The quantitative estimate of drug-likeness (QED) is 0.587. The van der Waals surface area contributed by atoms with E-state index in [1.165, 1.54) is 12.1 Å². The zero-order chi connectivity index (χ0) is 10.4. The van der Waals surface area contributed by atoms with Crippen molar-refractivity contribution in [2.24, 2.45) is 0 Å². The first-order valence-electron chi connectivity index (χ1n) is 4.57. The van der Waals surface area contributed by atoms with E-state index in [4.69, 9.17) is 5.73 Å². The fraction of sp³-hybridized carbons (Fsp3) is 0. The number of rotatable bonds is 0. The first-order valence-corrected chi connectivity index (χ1v) is 4.57. The van der Waals surface area contributed by atoms with Gasteiger partial charge in [0.2, 0.25) is 0 Å². The summed E-state index contributed by atoms with van der Waals surface area (Å²) in [6.07, 6.45) is 1.62. The van der Waals surface area contributed by atoms with Gasteiger partial charge in [-0.3, -0.25) is 0 Å². The molecule has 3 rings (SSSR count). The van der Waals surface area contributed by atoms with E-state index in [1.54, 1.807) is 12.3 Å². The molecule has 0 bridgehead atoms. The third-order valence-corrected chi connectivity index (χ3v) is 2.51. The SMILES string of the molecule is Nc1nccc2c1[nH]c1ccc(F)cc12. The molecule has 3 nitrogen and oxygen atoms in total. The number of pyridine rings is 1. The third kappa shape index (κ3) is 1.08. The van der Waals surface area contributed by atoms with Crippen molar-refractivity contribution in [2.45, 2.75) is 0 Å². The highest BCUT2D eigenvalue weighted by molar-refractivity contribution is 6.09. The summed E-state index contributed by atoms with van der Waals surface area (Å²) in [4.78, 5) is 7.10. The molecule has 0 atom stereocenters. The summed E-state index contributed by atoms with van der Waals surface area (Å²) < 4.78 is 13.1. The van der Waals surface area contributed by atoms with E-state index in [0.717, 1.165) is 21.8 Å². The maximum absolute atomic E-state index is 13.1. The Labute approximate surface area is 84.7 Å². The largest absolute Gasteiger partial charge is 0.382 e. The lowest BCUT2D eigenvalue weighted by atomic mass is 10.2. The zero-order valence-electron chi connectivity index (χ0n) is 7.79. The highest BCUT2D eigenvalue weighted by Gasteiger charge is 2.07. The van der Waals surface area contributed by atoms with Crippen molar-refractivity contribution in [3.63, 3.8) is 0 Å². The van der Waals surface area contributed by atoms with Gasteiger partial charge >= 0.3 is 0 Å². The van der Waals surface area contributed by atoms with Crippen LogP contribution in [0.3, 0.4) is 0 Å². The molecule has 0 unspecified atom stereocenters. The maximum atomic E-state index is 13.1. The van der Waals surface area contributed by atoms with Crippen LogP contribution in [-0.4, -0.2) is 9.97 Å². The maximum Gasteiger partial charge on any atom is 0.147 e. The van der Waals surface area contributed by atoms with Crippen molar-refractivity contribution in [3.8, 4) is 0 Å². The number of anilines is 1. The van der Waals surface area contributed by atoms with Crippen LogP contribution < -0.4 is 5.73 Å². The summed E-state index contributed by atoms with van der Waals surface area (Å²) in [7, 11) is 0. The van der Waals surface area contributed by atoms with Crippen LogP contribution in [0.5, 0.6) is 0 Å². The standard InChI is InChI=1S/C11H8FN3/c12-6-1-2-9-8(5-6)7-3-4-14-11(13)10(7)15-9/h1-5,15H,(H2,13,14). The molecule has 2 aromatic heterocycles. The normalized spacial score (nSPS) is 11.3. The number of nitrogen functional groups attached to an aromatic ring is 1. The van der Waals surface area contributed by atoms with Crippen molar-refractivity contribution in [1.82, 2.24) is 9.97 Å². The van der Waals surface area contributed by atoms with E-state index in [9.17, 15) is 4.39 Å². The Morgan fingerprint density at radius 1 is 1.20 bits per heavy atom. The summed E-state index contributed by atoms with van der Waals surface area (Å²) in [5.41, 5.74) is 7.35. The molecular formula is C11H8FN3. The second-order valence-corrected chi connectivity index (χ2v) is 3.43. The van der Waals surface area contributed by atoms with Crippen LogP contribution in [0.25, 0.3) is 21.8 Å². The number of aromatic nitrogens is 2. The lowest BCUT2D eigenvalue weighted by Crippen LogP contribution is -1.89. The predicted octanol–water partition coefficient (Wildman–Crippen LogP) is 2.44. The molecule has 0 aliphatic rings. The Balaban J connectivity index is 2.58. The van der Waals surface area contributed by atoms with E-state index in [1.807, 2.05) is 6.07 Å². The molecular weight excluding hydrogens is 193 g/mol. The number of nitrogens with two attached hydrogens (primary N) is 1. The molecule has 0 amide bonds. The summed E-state index contributed by atoms with van der Waals surface area (Å²) in [6.45, 7) is 0. The van der Waals surface area contributed by atoms with Crippen molar-refractivity contribution in [1.29, 1.82) is 0 Å². The Morgan fingerprint density at radius 3 is 2.93 bits per heavy atom. The van der Waals surface area contributed by atoms with Gasteiger partial charge in [0, 0.05) is 22.5 Å². The van der Waals surface area contributed by atoms with Crippen molar-refractivity contribution >= 4 is 27.6 Å². The third-order valence-electron chi connectivity index (χ3n) is 2.51. The number of benzene rings is 1. The van der Waals surface area contributed by atoms with Gasteiger partial charge in [0.15, 0.2) is 0 Å². The van der Waals surface area contributed by atoms with Gasteiger partial charge in [0.25, 0.3) is 0 Å². The summed E-state index contributed by atoms with van der Waals surface area (Å²) in [5.74, 6) is 0.183. The molecule has 0 aliphatic heterocycles. The highest BCUT2D eigenvalue weighted by atomic mass is 19.1. The average Bonchev–Trinajstić information content (AvgIpc) is 2.58. The number of nitrogens with zero attached hydrogens (tertiary/aromatic N) is 1. The second kappa shape index (κ2) is 2.70. The van der Waals surface area contributed by atoms with Crippen molar-refractivity contribution in [2.75, 3.05) is 5.73 Å². The molecule has 0 saturated carbocycles. The van der Waals surface area contributed by atoms with Crippen molar-refractivity contribution in [3.05, 3.63) is 36.3 Å². The van der Waals surface area contributed by atoms with E-state index in [-0.39, 0.29) is 5.82 Å². The molecule has 1 aromatic carbocycles. The second-order valence-electron chi connectivity index (χ2n) is 3.43. The fourth-order valence-electron chi connectivity index (χ4n) is 1.82. The number of hydrogen-bond donors (Lipinski definition) is 2. The van der Waals surface area contributed by atoms with Crippen LogP contribution in [0.15, 0.2) is 30.5 Å². The van der Waals surface area contributed by atoms with Crippen LogP contribution in [0, 0.1) is 5.82 Å². The van der Waals surface area contributed by atoms with Gasteiger partial charge < -0.3 is 10.7 Å². The highest BCUT2D eigenvalue weighted by Crippen LogP contribution is 2.27. The molecule has 74 valence electrons. The smallest absolute Gasteiger partial charge is 0.147 e. The molecule has 2 heterocycles. The molecule has 3 N–H and O–H groups in total. The van der Waals surface area contributed by atoms with Crippen molar-refractivity contribution < 1.29 is 4.39 Å². The van der Waals surface area contributed by atoms with Gasteiger partial charge in [-0.1, -0.05) is 0 Å². The van der Waals surface area contributed by atoms with Gasteiger partial charge in [0.05, 0.1) is 5.52 Å². The van der Waals surface area contributed by atoms with E-state index in [0.29, 0.717) is 5.82 Å². The summed E-state index contributed by atoms with van der Waals surface area (Å²) in [5, 5.41) is 1.73. The number of aromatic amines is 1. The van der Waals surface area contributed by atoms with Crippen LogP contribution in [0.4, 0.5) is 10.2 Å². The Morgan fingerprint density at radius 2 is 2.07 bits per heavy atom. The molecule has 4 heteroatoms. The van der Waals surface area contributed by atoms with Crippen LogP contribution in [0.1, 0.15) is 0 Å². The average molecular weight is 201 g/mol. The van der Waals surface area contributed by atoms with Crippen LogP contribution in [0.2, 0.25) is 0 Å². The number of hydrogen-bond acceptors (Lipinski definition) is 2. The lowest BCUT2D eigenvalue weighted by molar-refractivity contribution is 0.630. The molecule has 0 aliphatic carbocycles. The molecule has 0 fully saturated rings.